The second-order valence-corrected chi connectivity index (χ2v) is 17.6. The molecule has 6 aromatic rings. The van der Waals surface area contributed by atoms with Gasteiger partial charge in [-0.2, -0.15) is 43.9 Å². The second-order valence-electron chi connectivity index (χ2n) is 12.0. The maximum Gasteiger partial charge on any atom is 0.294 e. The summed E-state index contributed by atoms with van der Waals surface area (Å²) in [4.78, 5) is -2.02. The Morgan fingerprint density at radius 3 is 1.12 bits per heavy atom. The van der Waals surface area contributed by atoms with Crippen LogP contribution in [0.3, 0.4) is 0 Å². The Kier molecular flexibility index (Phi) is 12.4. The summed E-state index contributed by atoms with van der Waals surface area (Å²) in [6.07, 6.45) is -0.378. The van der Waals surface area contributed by atoms with Gasteiger partial charge >= 0.3 is 0 Å². The number of azo groups is 2. The molecule has 0 aliphatic heterocycles. The average Bonchev–Trinajstić information content (AvgIpc) is 3.11. The van der Waals surface area contributed by atoms with Crippen LogP contribution < -0.4 is 0 Å². The van der Waals surface area contributed by atoms with Gasteiger partial charge in [0.25, 0.3) is 40.5 Å². The van der Waals surface area contributed by atoms with Gasteiger partial charge in [0.05, 0.1) is 31.0 Å². The zero-order valence-electron chi connectivity index (χ0n) is 29.0. The van der Waals surface area contributed by atoms with Crippen LogP contribution in [0, 0.1) is 0 Å². The normalized spacial score (nSPS) is 12.8. The Hall–Kier alpha value is -4.72. The molecule has 6 aromatic carbocycles. The van der Waals surface area contributed by atoms with Crippen LogP contribution in [0.5, 0.6) is 11.5 Å². The van der Waals surface area contributed by atoms with E-state index in [1.807, 2.05) is 0 Å². The van der Waals surface area contributed by atoms with Gasteiger partial charge in [-0.05, 0) is 95.4 Å². The van der Waals surface area contributed by atoms with Crippen molar-refractivity contribution in [2.45, 2.75) is 32.4 Å². The fraction of sp³-hybridized carbons (Fsp3) is 0.0588. The number of aromatic hydroxyl groups is 2. The average molecular weight is 866 g/mol. The molecule has 0 saturated carbocycles. The fourth-order valence-corrected chi connectivity index (χ4v) is 8.25. The maximum atomic E-state index is 12.4. The topological polar surface area (TPSA) is 307 Å². The Morgan fingerprint density at radius 1 is 0.421 bits per heavy atom. The monoisotopic (exact) mass is 865 g/mol. The van der Waals surface area contributed by atoms with E-state index in [0.29, 0.717) is 0 Å². The molecule has 6 N–H and O–H groups in total. The predicted molar refractivity (Wildman–Crippen MR) is 205 cm³/mol. The Bertz CT molecular complexity index is 2910. The third kappa shape index (κ3) is 9.88. The summed E-state index contributed by atoms with van der Waals surface area (Å²) in [7, 11) is -18.9. The molecule has 6 rings (SSSR count). The summed E-state index contributed by atoms with van der Waals surface area (Å²) in [6.45, 7) is 0. The molecule has 291 valence electrons. The zero-order valence-corrected chi connectivity index (χ0v) is 34.3. The molecule has 23 heteroatoms. The predicted octanol–water partition coefficient (Wildman–Crippen LogP) is 6.63. The van der Waals surface area contributed by atoms with Gasteiger partial charge in [-0.1, -0.05) is 36.4 Å². The van der Waals surface area contributed by atoms with E-state index in [4.69, 9.17) is 0 Å². The molecule has 0 fully saturated rings. The third-order valence-corrected chi connectivity index (χ3v) is 11.9. The minimum atomic E-state index is -4.90. The molecule has 0 aliphatic carbocycles. The summed E-state index contributed by atoms with van der Waals surface area (Å²) in [5.74, 6) is -0.726. The molecule has 0 aromatic heterocycles. The van der Waals surface area contributed by atoms with E-state index in [1.54, 1.807) is 0 Å². The van der Waals surface area contributed by atoms with E-state index in [0.717, 1.165) is 36.4 Å². The molecular formula is C34H26N4NaO14S4. The van der Waals surface area contributed by atoms with Crippen molar-refractivity contribution < 1.29 is 62.1 Å². The first-order valence-corrected chi connectivity index (χ1v) is 21.4. The molecule has 0 saturated heterocycles. The Labute approximate surface area is 346 Å². The van der Waals surface area contributed by atoms with Crippen molar-refractivity contribution in [2.75, 3.05) is 0 Å². The number of rotatable bonds is 11. The minimum Gasteiger partial charge on any atom is -0.506 e. The summed E-state index contributed by atoms with van der Waals surface area (Å²) < 4.78 is 135. The number of hydrogen-bond donors (Lipinski definition) is 6. The molecule has 0 amide bonds. The third-order valence-electron chi connectivity index (χ3n) is 8.33. The first-order chi connectivity index (χ1) is 26.1. The van der Waals surface area contributed by atoms with Crippen molar-refractivity contribution >= 4 is 114 Å². The zero-order chi connectivity index (χ0) is 40.8. The minimum absolute atomic E-state index is 0. The van der Waals surface area contributed by atoms with Crippen LogP contribution in [0.2, 0.25) is 0 Å². The standard InChI is InChI=1S/C34H26N4O14S4.Na/c39-29-13-5-21-15-25(53(41,42)43)9-11-27(21)33(29)37-35-23-7-3-19(31(17-23)55(47,48)49)1-2-20-4-8-24(18-32(20)56(50,51)52)36-38-34-28-12-10-26(54(44,45)46)16-22(28)6-14-30(34)40;/h3-18,39-40H,1-2H2,(H,41,42,43)(H,44,45,46)(H,47,48,49)(H,50,51,52);. The number of hydrogen-bond acceptors (Lipinski definition) is 14. The molecular weight excluding hydrogens is 840 g/mol. The van der Waals surface area contributed by atoms with E-state index >= 15 is 0 Å². The fourth-order valence-electron chi connectivity index (χ4n) is 5.68. The van der Waals surface area contributed by atoms with Crippen molar-refractivity contribution in [3.8, 4) is 11.5 Å². The number of phenols is 2. The van der Waals surface area contributed by atoms with Crippen molar-refractivity contribution in [3.63, 3.8) is 0 Å². The van der Waals surface area contributed by atoms with E-state index in [9.17, 15) is 62.1 Å². The van der Waals surface area contributed by atoms with Gasteiger partial charge in [0, 0.05) is 40.3 Å². The quantitative estimate of drug-likeness (QED) is 0.0453. The van der Waals surface area contributed by atoms with E-state index in [-0.39, 0.29) is 109 Å². The number of aryl methyl sites for hydroxylation is 2. The molecule has 0 bridgehead atoms. The summed E-state index contributed by atoms with van der Waals surface area (Å²) in [5.41, 5.74) is -0.401. The summed E-state index contributed by atoms with van der Waals surface area (Å²) >= 11 is 0. The Morgan fingerprint density at radius 2 is 0.789 bits per heavy atom. The molecule has 57 heavy (non-hydrogen) atoms. The molecule has 0 aliphatic rings. The van der Waals surface area contributed by atoms with Gasteiger partial charge in [0.15, 0.2) is 0 Å². The van der Waals surface area contributed by atoms with Crippen LogP contribution >= 0.6 is 0 Å². The molecule has 0 spiro atoms. The number of fused-ring (bicyclic) bond motifs is 2. The van der Waals surface area contributed by atoms with Gasteiger partial charge in [-0.25, -0.2) is 0 Å². The SMILES string of the molecule is O=S(=O)(O)c1ccc2c(N=Nc3ccc(CCc4ccc(N=Nc5c(O)ccc6cc(S(=O)(=O)O)ccc56)cc4S(=O)(=O)O)c(S(=O)(=O)O)c3)c(O)ccc2c1.[Na]. The van der Waals surface area contributed by atoms with Crippen molar-refractivity contribution in [1.29, 1.82) is 0 Å². The van der Waals surface area contributed by atoms with E-state index in [2.05, 4.69) is 20.5 Å². The van der Waals surface area contributed by atoms with E-state index in [1.165, 1.54) is 60.7 Å². The van der Waals surface area contributed by atoms with Crippen LogP contribution in [0.1, 0.15) is 11.1 Å². The number of benzene rings is 6. The molecule has 0 heterocycles. The second kappa shape index (κ2) is 16.3. The summed E-state index contributed by atoms with van der Waals surface area (Å²) in [6, 6.07) is 19.3. The number of phenolic OH excluding ortho intramolecular Hbond substituents is 2. The van der Waals surface area contributed by atoms with Crippen LogP contribution in [0.4, 0.5) is 22.7 Å². The van der Waals surface area contributed by atoms with Gasteiger partial charge < -0.3 is 10.2 Å². The van der Waals surface area contributed by atoms with Crippen molar-refractivity contribution in [2.24, 2.45) is 20.5 Å². The van der Waals surface area contributed by atoms with Gasteiger partial charge in [0.1, 0.15) is 22.9 Å². The largest absolute Gasteiger partial charge is 0.506 e. The molecule has 0 unspecified atom stereocenters. The number of nitrogens with zero attached hydrogens (tertiary/aromatic N) is 4. The van der Waals surface area contributed by atoms with Gasteiger partial charge in [0.2, 0.25) is 0 Å². The van der Waals surface area contributed by atoms with Crippen molar-refractivity contribution in [3.05, 3.63) is 108 Å². The molecule has 18 nitrogen and oxygen atoms in total. The van der Waals surface area contributed by atoms with Gasteiger partial charge in [-0.3, -0.25) is 18.2 Å². The first-order valence-electron chi connectivity index (χ1n) is 15.6. The maximum absolute atomic E-state index is 12.4. The van der Waals surface area contributed by atoms with Crippen LogP contribution in [0.25, 0.3) is 21.5 Å². The smallest absolute Gasteiger partial charge is 0.294 e. The van der Waals surface area contributed by atoms with Crippen LogP contribution in [-0.4, -0.2) is 91.7 Å². The summed E-state index contributed by atoms with van der Waals surface area (Å²) in [5, 5.41) is 37.7. The van der Waals surface area contributed by atoms with Crippen LogP contribution in [-0.2, 0) is 53.3 Å². The van der Waals surface area contributed by atoms with Crippen molar-refractivity contribution in [1.82, 2.24) is 0 Å². The van der Waals surface area contributed by atoms with Gasteiger partial charge in [-0.15, -0.1) is 10.2 Å². The molecule has 1 radical (unpaired) electrons. The van der Waals surface area contributed by atoms with E-state index < -0.39 is 60.1 Å². The Balaban J connectivity index is 0.00000620. The van der Waals surface area contributed by atoms with Crippen LogP contribution in [0.15, 0.2) is 137 Å². The first kappa shape index (κ1) is 43.4. The molecule has 0 atom stereocenters.